The molecule has 4 heteroatoms. The lowest BCUT2D eigenvalue weighted by Gasteiger charge is -2.13. The van der Waals surface area contributed by atoms with Crippen LogP contribution in [0.2, 0.25) is 0 Å². The first-order valence-corrected chi connectivity index (χ1v) is 3.67. The van der Waals surface area contributed by atoms with Gasteiger partial charge in [0.1, 0.15) is 0 Å². The molecule has 0 spiro atoms. The van der Waals surface area contributed by atoms with Gasteiger partial charge in [-0.25, -0.2) is 0 Å². The van der Waals surface area contributed by atoms with Crippen molar-refractivity contribution in [2.45, 2.75) is 25.0 Å². The molecule has 0 fully saturated rings. The normalized spacial score (nSPS) is 16.4. The van der Waals surface area contributed by atoms with Gasteiger partial charge in [0.25, 0.3) is 0 Å². The Labute approximate surface area is 66.4 Å². The van der Waals surface area contributed by atoms with Crippen LogP contribution < -0.4 is 0 Å². The van der Waals surface area contributed by atoms with E-state index in [4.69, 9.17) is 20.1 Å². The van der Waals surface area contributed by atoms with Crippen molar-refractivity contribution in [2.75, 3.05) is 20.3 Å². The molecule has 0 aliphatic heterocycles. The molecule has 0 aliphatic rings. The Bertz CT molecular complexity index is 82.5. The topological polar surface area (TPSA) is 69.9 Å². The van der Waals surface area contributed by atoms with Crippen LogP contribution in [0.5, 0.6) is 0 Å². The van der Waals surface area contributed by atoms with Crippen molar-refractivity contribution >= 4 is 0 Å². The summed E-state index contributed by atoms with van der Waals surface area (Å²) in [4.78, 5) is 0. The monoisotopic (exact) mass is 164 g/mol. The van der Waals surface area contributed by atoms with E-state index in [1.165, 1.54) is 7.11 Å². The lowest BCUT2D eigenvalue weighted by Crippen LogP contribution is -2.20. The van der Waals surface area contributed by atoms with Gasteiger partial charge in [0.15, 0.2) is 0 Å². The Hall–Kier alpha value is -0.160. The molecule has 0 aromatic rings. The molecule has 0 aromatic heterocycles. The summed E-state index contributed by atoms with van der Waals surface area (Å²) < 4.78 is 4.85. The van der Waals surface area contributed by atoms with E-state index >= 15 is 0 Å². The molecule has 4 nitrogen and oxygen atoms in total. The van der Waals surface area contributed by atoms with Gasteiger partial charge in [-0.15, -0.1) is 0 Å². The summed E-state index contributed by atoms with van der Waals surface area (Å²) in [5.74, 6) is 0. The van der Waals surface area contributed by atoms with Crippen molar-refractivity contribution in [3.63, 3.8) is 0 Å². The molecule has 0 bridgehead atoms. The van der Waals surface area contributed by atoms with Crippen LogP contribution in [0, 0.1) is 0 Å². The third-order valence-electron chi connectivity index (χ3n) is 1.57. The Morgan fingerprint density at radius 1 is 1.18 bits per heavy atom. The standard InChI is InChI=1S/C7H16O4/c1-11-7(5-9)3-2-6(10)4-8/h6-10H,2-5H2,1H3/t6-,7+/m1/s1. The second-order valence-corrected chi connectivity index (χ2v) is 2.45. The summed E-state index contributed by atoms with van der Waals surface area (Å²) in [6, 6.07) is 0. The summed E-state index contributed by atoms with van der Waals surface area (Å²) >= 11 is 0. The van der Waals surface area contributed by atoms with Crippen molar-refractivity contribution in [1.82, 2.24) is 0 Å². The average Bonchev–Trinajstić information content (AvgIpc) is 2.06. The summed E-state index contributed by atoms with van der Waals surface area (Å²) in [6.45, 7) is -0.281. The molecule has 0 heterocycles. The number of aliphatic hydroxyl groups excluding tert-OH is 3. The third kappa shape index (κ3) is 5.15. The van der Waals surface area contributed by atoms with E-state index in [1.54, 1.807) is 0 Å². The zero-order valence-electron chi connectivity index (χ0n) is 6.73. The molecule has 0 unspecified atom stereocenters. The van der Waals surface area contributed by atoms with Crippen molar-refractivity contribution in [3.05, 3.63) is 0 Å². The highest BCUT2D eigenvalue weighted by Gasteiger charge is 2.08. The second kappa shape index (κ2) is 6.54. The number of hydrogen-bond donors (Lipinski definition) is 3. The quantitative estimate of drug-likeness (QED) is 0.477. The molecule has 0 aliphatic carbocycles. The van der Waals surface area contributed by atoms with Crippen LogP contribution >= 0.6 is 0 Å². The van der Waals surface area contributed by atoms with E-state index in [1.807, 2.05) is 0 Å². The molecule has 0 aromatic carbocycles. The van der Waals surface area contributed by atoms with Gasteiger partial charge >= 0.3 is 0 Å². The van der Waals surface area contributed by atoms with E-state index < -0.39 is 6.10 Å². The zero-order chi connectivity index (χ0) is 8.69. The van der Waals surface area contributed by atoms with E-state index in [0.29, 0.717) is 12.8 Å². The van der Waals surface area contributed by atoms with Crippen molar-refractivity contribution in [2.24, 2.45) is 0 Å². The largest absolute Gasteiger partial charge is 0.394 e. The number of hydrogen-bond acceptors (Lipinski definition) is 4. The van der Waals surface area contributed by atoms with Gasteiger partial charge in [0.05, 0.1) is 25.4 Å². The molecule has 68 valence electrons. The molecule has 2 atom stereocenters. The minimum absolute atomic E-state index is 0.0470. The average molecular weight is 164 g/mol. The summed E-state index contributed by atoms with van der Waals surface area (Å²) in [7, 11) is 1.51. The lowest BCUT2D eigenvalue weighted by atomic mass is 10.1. The lowest BCUT2D eigenvalue weighted by molar-refractivity contribution is 0.0221. The van der Waals surface area contributed by atoms with Crippen LogP contribution in [-0.2, 0) is 4.74 Å². The maximum Gasteiger partial charge on any atom is 0.0802 e. The van der Waals surface area contributed by atoms with Gasteiger partial charge in [-0.2, -0.15) is 0 Å². The predicted octanol–water partition coefficient (Wildman–Crippen LogP) is -0.873. The first-order chi connectivity index (χ1) is 5.24. The minimum Gasteiger partial charge on any atom is -0.394 e. The van der Waals surface area contributed by atoms with E-state index in [0.717, 1.165) is 0 Å². The van der Waals surface area contributed by atoms with E-state index in [-0.39, 0.29) is 19.3 Å². The van der Waals surface area contributed by atoms with Gasteiger partial charge in [-0.1, -0.05) is 0 Å². The van der Waals surface area contributed by atoms with Crippen LogP contribution in [0.25, 0.3) is 0 Å². The second-order valence-electron chi connectivity index (χ2n) is 2.45. The maximum atomic E-state index is 8.91. The summed E-state index contributed by atoms with van der Waals surface area (Å²) in [5.41, 5.74) is 0. The predicted molar refractivity (Wildman–Crippen MR) is 40.2 cm³/mol. The Balaban J connectivity index is 3.34. The fourth-order valence-electron chi connectivity index (χ4n) is 0.753. The number of rotatable bonds is 6. The number of ether oxygens (including phenoxy) is 1. The molecular weight excluding hydrogens is 148 g/mol. The molecule has 11 heavy (non-hydrogen) atoms. The minimum atomic E-state index is -0.695. The molecule has 0 radical (unpaired) electrons. The molecular formula is C7H16O4. The first-order valence-electron chi connectivity index (χ1n) is 3.67. The Morgan fingerprint density at radius 2 is 1.82 bits per heavy atom. The van der Waals surface area contributed by atoms with Crippen molar-refractivity contribution in [3.8, 4) is 0 Å². The summed E-state index contributed by atoms with van der Waals surface area (Å²) in [5, 5.41) is 26.0. The number of aliphatic hydroxyl groups is 3. The van der Waals surface area contributed by atoms with Gasteiger partial charge < -0.3 is 20.1 Å². The van der Waals surface area contributed by atoms with Crippen LogP contribution in [0.15, 0.2) is 0 Å². The Kier molecular flexibility index (Phi) is 6.45. The van der Waals surface area contributed by atoms with Gasteiger partial charge in [-0.05, 0) is 12.8 Å². The maximum absolute atomic E-state index is 8.91. The van der Waals surface area contributed by atoms with Crippen LogP contribution in [0.3, 0.4) is 0 Å². The Morgan fingerprint density at radius 3 is 2.18 bits per heavy atom. The molecule has 0 saturated heterocycles. The van der Waals surface area contributed by atoms with Gasteiger partial charge in [0.2, 0.25) is 0 Å². The highest BCUT2D eigenvalue weighted by Crippen LogP contribution is 2.03. The smallest absolute Gasteiger partial charge is 0.0802 e. The van der Waals surface area contributed by atoms with Crippen LogP contribution in [-0.4, -0.2) is 47.9 Å². The van der Waals surface area contributed by atoms with Crippen molar-refractivity contribution in [1.29, 1.82) is 0 Å². The van der Waals surface area contributed by atoms with Gasteiger partial charge in [0, 0.05) is 7.11 Å². The third-order valence-corrected chi connectivity index (χ3v) is 1.57. The van der Waals surface area contributed by atoms with Gasteiger partial charge in [-0.3, -0.25) is 0 Å². The zero-order valence-corrected chi connectivity index (χ0v) is 6.73. The SMILES string of the molecule is CO[C@H](CO)CC[C@@H](O)CO. The van der Waals surface area contributed by atoms with Crippen molar-refractivity contribution < 1.29 is 20.1 Å². The first kappa shape index (κ1) is 10.8. The fourth-order valence-corrected chi connectivity index (χ4v) is 0.753. The molecule has 0 amide bonds. The highest BCUT2D eigenvalue weighted by atomic mass is 16.5. The van der Waals surface area contributed by atoms with E-state index in [9.17, 15) is 0 Å². The fraction of sp³-hybridized carbons (Fsp3) is 1.00. The highest BCUT2D eigenvalue weighted by molar-refractivity contribution is 4.60. The molecule has 0 rings (SSSR count). The molecule has 0 saturated carbocycles. The molecule has 3 N–H and O–H groups in total. The van der Waals surface area contributed by atoms with Crippen LogP contribution in [0.4, 0.5) is 0 Å². The van der Waals surface area contributed by atoms with E-state index in [2.05, 4.69) is 0 Å². The van der Waals surface area contributed by atoms with Crippen LogP contribution in [0.1, 0.15) is 12.8 Å². The number of methoxy groups -OCH3 is 1. The summed E-state index contributed by atoms with van der Waals surface area (Å²) in [6.07, 6.45) is 0.0972.